The van der Waals surface area contributed by atoms with Gasteiger partial charge in [-0.15, -0.1) is 0 Å². The molecule has 0 aromatic heterocycles. The molecule has 0 spiro atoms. The second-order valence-corrected chi connectivity index (χ2v) is 5.96. The first kappa shape index (κ1) is 16.3. The van der Waals surface area contributed by atoms with Gasteiger partial charge in [-0.25, -0.2) is 0 Å². The average molecular weight is 292 g/mol. The first-order valence-corrected chi connectivity index (χ1v) is 7.86. The maximum atomic E-state index is 8.95. The van der Waals surface area contributed by atoms with Crippen molar-refractivity contribution in [2.45, 2.75) is 20.8 Å². The Bertz CT molecular complexity index is 454. The van der Waals surface area contributed by atoms with Crippen molar-refractivity contribution in [3.8, 4) is 5.75 Å². The van der Waals surface area contributed by atoms with Crippen LogP contribution in [0.1, 0.15) is 16.7 Å². The largest absolute Gasteiger partial charge is 0.492 e. The monoisotopic (exact) mass is 292 g/mol. The molecule has 118 valence electrons. The summed E-state index contributed by atoms with van der Waals surface area (Å²) in [6.45, 7) is 13.4. The molecule has 1 aliphatic rings. The minimum Gasteiger partial charge on any atom is -0.492 e. The van der Waals surface area contributed by atoms with Crippen molar-refractivity contribution in [1.29, 1.82) is 0 Å². The zero-order valence-electron chi connectivity index (χ0n) is 13.6. The van der Waals surface area contributed by atoms with Crippen LogP contribution in [0, 0.1) is 20.8 Å². The second-order valence-electron chi connectivity index (χ2n) is 5.96. The van der Waals surface area contributed by atoms with E-state index in [1.807, 2.05) is 0 Å². The van der Waals surface area contributed by atoms with Crippen molar-refractivity contribution in [2.75, 3.05) is 52.5 Å². The Labute approximate surface area is 128 Å². The SMILES string of the molecule is Cc1cc(C)c(C)c(OCCN2CCN(CCO)CC2)c1. The molecule has 0 aliphatic carbocycles. The lowest BCUT2D eigenvalue weighted by atomic mass is 10.1. The highest BCUT2D eigenvalue weighted by Gasteiger charge is 2.16. The third-order valence-corrected chi connectivity index (χ3v) is 4.31. The molecule has 4 nitrogen and oxygen atoms in total. The Hall–Kier alpha value is -1.10. The second kappa shape index (κ2) is 7.78. The average Bonchev–Trinajstić information content (AvgIpc) is 2.46. The quantitative estimate of drug-likeness (QED) is 0.864. The highest BCUT2D eigenvalue weighted by molar-refractivity contribution is 5.41. The van der Waals surface area contributed by atoms with Gasteiger partial charge in [0.05, 0.1) is 6.61 Å². The number of nitrogens with zero attached hydrogens (tertiary/aromatic N) is 2. The smallest absolute Gasteiger partial charge is 0.122 e. The predicted octanol–water partition coefficient (Wildman–Crippen LogP) is 1.60. The molecule has 1 saturated heterocycles. The summed E-state index contributed by atoms with van der Waals surface area (Å²) < 4.78 is 5.98. The fourth-order valence-corrected chi connectivity index (χ4v) is 2.81. The number of rotatable bonds is 6. The van der Waals surface area contributed by atoms with Gasteiger partial charge >= 0.3 is 0 Å². The summed E-state index contributed by atoms with van der Waals surface area (Å²) in [5.74, 6) is 1.02. The predicted molar refractivity (Wildman–Crippen MR) is 86.1 cm³/mol. The van der Waals surface area contributed by atoms with Gasteiger partial charge in [-0.1, -0.05) is 6.07 Å². The van der Waals surface area contributed by atoms with Crippen LogP contribution < -0.4 is 4.74 Å². The van der Waals surface area contributed by atoms with Crippen LogP contribution in [0.5, 0.6) is 5.75 Å². The van der Waals surface area contributed by atoms with Crippen molar-refractivity contribution >= 4 is 0 Å². The molecule has 0 amide bonds. The summed E-state index contributed by atoms with van der Waals surface area (Å²) >= 11 is 0. The van der Waals surface area contributed by atoms with Crippen LogP contribution in [0.4, 0.5) is 0 Å². The molecule has 0 unspecified atom stereocenters. The highest BCUT2D eigenvalue weighted by Crippen LogP contribution is 2.23. The van der Waals surface area contributed by atoms with E-state index >= 15 is 0 Å². The van der Waals surface area contributed by atoms with E-state index in [4.69, 9.17) is 9.84 Å². The molecule has 0 radical (unpaired) electrons. The fraction of sp³-hybridized carbons (Fsp3) is 0.647. The van der Waals surface area contributed by atoms with Crippen LogP contribution >= 0.6 is 0 Å². The summed E-state index contributed by atoms with van der Waals surface area (Å²) in [6.07, 6.45) is 0. The van der Waals surface area contributed by atoms with Crippen molar-refractivity contribution in [3.05, 3.63) is 28.8 Å². The molecule has 1 aliphatic heterocycles. The van der Waals surface area contributed by atoms with E-state index in [1.165, 1.54) is 16.7 Å². The Kier molecular flexibility index (Phi) is 6.03. The summed E-state index contributed by atoms with van der Waals surface area (Å²) in [4.78, 5) is 4.75. The van der Waals surface area contributed by atoms with Gasteiger partial charge in [-0.05, 0) is 43.5 Å². The standard InChI is InChI=1S/C17H28N2O2/c1-14-12-15(2)16(3)17(13-14)21-11-9-19-6-4-18(5-7-19)8-10-20/h12-13,20H,4-11H2,1-3H3. The number of ether oxygens (including phenoxy) is 1. The topological polar surface area (TPSA) is 35.9 Å². The van der Waals surface area contributed by atoms with Gasteiger partial charge in [0.1, 0.15) is 12.4 Å². The number of β-amino-alcohol motifs (C(OH)–C–C–N with tert-alkyl or cyclic N) is 1. The zero-order chi connectivity index (χ0) is 15.2. The molecule has 2 rings (SSSR count). The maximum absolute atomic E-state index is 8.95. The molecule has 0 atom stereocenters. The summed E-state index contributed by atoms with van der Waals surface area (Å²) in [7, 11) is 0. The lowest BCUT2D eigenvalue weighted by molar-refractivity contribution is 0.101. The lowest BCUT2D eigenvalue weighted by Crippen LogP contribution is -2.48. The molecule has 4 heteroatoms. The first-order chi connectivity index (χ1) is 10.1. The molecular formula is C17H28N2O2. The van der Waals surface area contributed by atoms with Gasteiger partial charge in [-0.2, -0.15) is 0 Å². The molecule has 0 saturated carbocycles. The Morgan fingerprint density at radius 1 is 1.00 bits per heavy atom. The van der Waals surface area contributed by atoms with E-state index in [2.05, 4.69) is 42.7 Å². The number of hydrogen-bond donors (Lipinski definition) is 1. The van der Waals surface area contributed by atoms with E-state index in [-0.39, 0.29) is 6.61 Å². The molecule has 1 aromatic rings. The molecule has 21 heavy (non-hydrogen) atoms. The lowest BCUT2D eigenvalue weighted by Gasteiger charge is -2.34. The van der Waals surface area contributed by atoms with Crippen LogP contribution in [0.25, 0.3) is 0 Å². The van der Waals surface area contributed by atoms with E-state index in [1.54, 1.807) is 0 Å². The summed E-state index contributed by atoms with van der Waals surface area (Å²) in [5, 5.41) is 8.95. The van der Waals surface area contributed by atoms with Crippen molar-refractivity contribution in [2.24, 2.45) is 0 Å². The molecule has 1 N–H and O–H groups in total. The Morgan fingerprint density at radius 2 is 1.62 bits per heavy atom. The zero-order valence-corrected chi connectivity index (χ0v) is 13.6. The fourth-order valence-electron chi connectivity index (χ4n) is 2.81. The minimum atomic E-state index is 0.259. The molecule has 1 fully saturated rings. The number of piperazine rings is 1. The van der Waals surface area contributed by atoms with Crippen LogP contribution in [-0.2, 0) is 0 Å². The molecule has 1 heterocycles. The number of aliphatic hydroxyl groups excluding tert-OH is 1. The summed E-state index contributed by atoms with van der Waals surface area (Å²) in [6, 6.07) is 4.32. The number of aryl methyl sites for hydroxylation is 2. The number of aliphatic hydroxyl groups is 1. The van der Waals surface area contributed by atoms with Crippen LogP contribution in [-0.4, -0.2) is 67.4 Å². The maximum Gasteiger partial charge on any atom is 0.122 e. The van der Waals surface area contributed by atoms with Gasteiger partial charge < -0.3 is 9.84 Å². The first-order valence-electron chi connectivity index (χ1n) is 7.86. The summed E-state index contributed by atoms with van der Waals surface area (Å²) in [5.41, 5.74) is 3.79. The van der Waals surface area contributed by atoms with E-state index < -0.39 is 0 Å². The Balaban J connectivity index is 1.75. The molecular weight excluding hydrogens is 264 g/mol. The van der Waals surface area contributed by atoms with Gasteiger partial charge in [-0.3, -0.25) is 9.80 Å². The van der Waals surface area contributed by atoms with Gasteiger partial charge in [0.15, 0.2) is 0 Å². The van der Waals surface area contributed by atoms with Crippen molar-refractivity contribution in [3.63, 3.8) is 0 Å². The van der Waals surface area contributed by atoms with Gasteiger partial charge in [0.2, 0.25) is 0 Å². The van der Waals surface area contributed by atoms with Crippen LogP contribution in [0.2, 0.25) is 0 Å². The molecule has 1 aromatic carbocycles. The minimum absolute atomic E-state index is 0.259. The third kappa shape index (κ3) is 4.70. The van der Waals surface area contributed by atoms with Crippen molar-refractivity contribution < 1.29 is 9.84 Å². The van der Waals surface area contributed by atoms with E-state index in [9.17, 15) is 0 Å². The highest BCUT2D eigenvalue weighted by atomic mass is 16.5. The van der Waals surface area contributed by atoms with Crippen LogP contribution in [0.3, 0.4) is 0 Å². The normalized spacial score (nSPS) is 17.1. The van der Waals surface area contributed by atoms with Gasteiger partial charge in [0, 0.05) is 39.3 Å². The van der Waals surface area contributed by atoms with E-state index in [0.29, 0.717) is 0 Å². The van der Waals surface area contributed by atoms with Crippen molar-refractivity contribution in [1.82, 2.24) is 9.80 Å². The number of benzene rings is 1. The number of hydrogen-bond acceptors (Lipinski definition) is 4. The van der Waals surface area contributed by atoms with E-state index in [0.717, 1.165) is 51.6 Å². The Morgan fingerprint density at radius 3 is 2.24 bits per heavy atom. The third-order valence-electron chi connectivity index (χ3n) is 4.31. The molecule has 0 bridgehead atoms. The van der Waals surface area contributed by atoms with Crippen LogP contribution in [0.15, 0.2) is 12.1 Å². The van der Waals surface area contributed by atoms with Gasteiger partial charge in [0.25, 0.3) is 0 Å².